The van der Waals surface area contributed by atoms with Crippen molar-refractivity contribution < 1.29 is 28.6 Å². The average molecular weight is 456 g/mol. The third-order valence-electron chi connectivity index (χ3n) is 4.40. The number of carbonyl (C=O) groups is 2. The monoisotopic (exact) mass is 455 g/mol. The van der Waals surface area contributed by atoms with E-state index in [4.69, 9.17) is 9.47 Å². The number of aliphatic imine (C=N–C) groups is 1. The Kier molecular flexibility index (Phi) is 7.83. The normalized spacial score (nSPS) is 16.0. The molecule has 0 aliphatic carbocycles. The first kappa shape index (κ1) is 23.3. The Bertz CT molecular complexity index is 1090. The van der Waals surface area contributed by atoms with E-state index in [9.17, 15) is 19.1 Å². The van der Waals surface area contributed by atoms with Crippen molar-refractivity contribution in [3.63, 3.8) is 0 Å². The second-order valence-corrected chi connectivity index (χ2v) is 7.73. The van der Waals surface area contributed by atoms with Gasteiger partial charge in [-0.3, -0.25) is 4.79 Å². The number of ether oxygens (including phenoxy) is 2. The smallest absolute Gasteiger partial charge is 0.344 e. The van der Waals surface area contributed by atoms with Crippen molar-refractivity contribution in [1.29, 1.82) is 0 Å². The molecule has 166 valence electrons. The van der Waals surface area contributed by atoms with Crippen LogP contribution < -0.4 is 4.74 Å². The summed E-state index contributed by atoms with van der Waals surface area (Å²) in [6, 6.07) is 13.2. The maximum atomic E-state index is 13.0. The number of nitrogens with zero attached hydrogens (tertiary/aromatic N) is 1. The minimum absolute atomic E-state index is 0.107. The Morgan fingerprint density at radius 3 is 2.41 bits per heavy atom. The van der Waals surface area contributed by atoms with Gasteiger partial charge in [-0.05, 0) is 48.4 Å². The van der Waals surface area contributed by atoms with E-state index in [1.807, 2.05) is 0 Å². The lowest BCUT2D eigenvalue weighted by molar-refractivity contribution is -0.138. The van der Waals surface area contributed by atoms with Crippen LogP contribution in [0, 0.1) is 5.82 Å². The maximum Gasteiger partial charge on any atom is 0.344 e. The first-order chi connectivity index (χ1) is 15.4. The van der Waals surface area contributed by atoms with Gasteiger partial charge in [0.15, 0.2) is 0 Å². The second kappa shape index (κ2) is 10.8. The fourth-order valence-corrected chi connectivity index (χ4v) is 3.77. The minimum atomic E-state index is -0.729. The molecule has 2 aromatic rings. The first-order valence-electron chi connectivity index (χ1n) is 10.0. The Hall–Kier alpha value is -3.39. The molecule has 1 amide bonds. The third-order valence-corrected chi connectivity index (χ3v) is 5.42. The van der Waals surface area contributed by atoms with Gasteiger partial charge in [-0.1, -0.05) is 43.0 Å². The summed E-state index contributed by atoms with van der Waals surface area (Å²) in [5, 5.41) is 10.7. The minimum Gasteiger partial charge on any atom is -0.506 e. The fraction of sp³-hybridized carbons (Fsp3) is 0.208. The van der Waals surface area contributed by atoms with E-state index >= 15 is 0 Å². The van der Waals surface area contributed by atoms with E-state index in [0.717, 1.165) is 22.9 Å². The number of hydrogen-bond donors (Lipinski definition) is 1. The van der Waals surface area contributed by atoms with Gasteiger partial charge in [-0.15, -0.1) is 0 Å². The van der Waals surface area contributed by atoms with Crippen LogP contribution in [0.2, 0.25) is 0 Å². The second-order valence-electron chi connectivity index (χ2n) is 6.70. The van der Waals surface area contributed by atoms with Crippen molar-refractivity contribution >= 4 is 34.8 Å². The molecular weight excluding hydrogens is 433 g/mol. The Balaban J connectivity index is 1.77. The molecule has 2 aromatic carbocycles. The molecule has 3 rings (SSSR count). The van der Waals surface area contributed by atoms with Crippen molar-refractivity contribution in [2.24, 2.45) is 4.99 Å². The number of aliphatic hydroxyl groups is 1. The SMILES string of the molecule is CCOC(=O)C1=C(O)/C(=C/c2ccc(OCc3ccc(F)cc3)cc2)SC1=NC(=O)CC. The number of carbonyl (C=O) groups excluding carboxylic acids is 2. The number of amides is 1. The zero-order valence-electron chi connectivity index (χ0n) is 17.6. The number of benzene rings is 2. The van der Waals surface area contributed by atoms with Crippen molar-refractivity contribution in [3.8, 4) is 5.75 Å². The summed E-state index contributed by atoms with van der Waals surface area (Å²) in [6.45, 7) is 3.75. The third kappa shape index (κ3) is 5.85. The zero-order chi connectivity index (χ0) is 23.1. The molecule has 0 fully saturated rings. The number of halogens is 1. The predicted octanol–water partition coefficient (Wildman–Crippen LogP) is 5.20. The quantitative estimate of drug-likeness (QED) is 0.578. The van der Waals surface area contributed by atoms with Gasteiger partial charge in [-0.2, -0.15) is 0 Å². The van der Waals surface area contributed by atoms with Gasteiger partial charge in [0.05, 0.1) is 11.5 Å². The molecule has 6 nitrogen and oxygen atoms in total. The van der Waals surface area contributed by atoms with E-state index in [2.05, 4.69) is 4.99 Å². The molecule has 0 radical (unpaired) electrons. The molecule has 0 saturated carbocycles. The fourth-order valence-electron chi connectivity index (χ4n) is 2.74. The molecule has 0 spiro atoms. The van der Waals surface area contributed by atoms with E-state index in [1.54, 1.807) is 56.3 Å². The van der Waals surface area contributed by atoms with Gasteiger partial charge in [0.1, 0.15) is 34.5 Å². The first-order valence-corrected chi connectivity index (χ1v) is 10.8. The molecule has 0 aromatic heterocycles. The number of thioether (sulfide) groups is 1. The van der Waals surface area contributed by atoms with Crippen LogP contribution in [0.15, 0.2) is 69.8 Å². The highest BCUT2D eigenvalue weighted by Crippen LogP contribution is 2.39. The molecule has 0 bridgehead atoms. The van der Waals surface area contributed by atoms with Gasteiger partial charge in [0, 0.05) is 6.42 Å². The lowest BCUT2D eigenvalue weighted by atomic mass is 10.1. The standard InChI is InChI=1S/C24H22FNO5S/c1-3-20(27)26-23-21(24(29)30-4-2)22(28)19(32-23)13-15-7-11-18(12-8-15)31-14-16-5-9-17(25)10-6-16/h5-13,28H,3-4,14H2,1-2H3/b19-13-,26-23?. The number of rotatable bonds is 7. The molecule has 1 aliphatic rings. The molecular formula is C24H22FNO5S. The van der Waals surface area contributed by atoms with Crippen LogP contribution in [-0.4, -0.2) is 28.6 Å². The van der Waals surface area contributed by atoms with Crippen LogP contribution in [0.25, 0.3) is 6.08 Å². The van der Waals surface area contributed by atoms with E-state index in [-0.39, 0.29) is 35.2 Å². The van der Waals surface area contributed by atoms with Crippen LogP contribution >= 0.6 is 11.8 Å². The summed E-state index contributed by atoms with van der Waals surface area (Å²) in [4.78, 5) is 28.4. The Morgan fingerprint density at radius 1 is 1.09 bits per heavy atom. The summed E-state index contributed by atoms with van der Waals surface area (Å²) in [5.74, 6) is -1.07. The van der Waals surface area contributed by atoms with Crippen LogP contribution in [-0.2, 0) is 20.9 Å². The van der Waals surface area contributed by atoms with E-state index < -0.39 is 11.9 Å². The summed E-state index contributed by atoms with van der Waals surface area (Å²) < 4.78 is 23.7. The summed E-state index contributed by atoms with van der Waals surface area (Å²) >= 11 is 1.04. The summed E-state index contributed by atoms with van der Waals surface area (Å²) in [5.41, 5.74) is 1.48. The highest BCUT2D eigenvalue weighted by Gasteiger charge is 2.33. The van der Waals surface area contributed by atoms with Gasteiger partial charge < -0.3 is 14.6 Å². The van der Waals surface area contributed by atoms with Gasteiger partial charge >= 0.3 is 5.97 Å². The van der Waals surface area contributed by atoms with Crippen molar-refractivity contribution in [2.45, 2.75) is 26.9 Å². The summed E-state index contributed by atoms with van der Waals surface area (Å²) in [6.07, 6.45) is 1.86. The summed E-state index contributed by atoms with van der Waals surface area (Å²) in [7, 11) is 0. The zero-order valence-corrected chi connectivity index (χ0v) is 18.4. The Labute approximate surface area is 189 Å². The number of aliphatic hydroxyl groups excluding tert-OH is 1. The van der Waals surface area contributed by atoms with Gasteiger partial charge in [0.2, 0.25) is 5.91 Å². The molecule has 0 saturated heterocycles. The molecule has 1 aliphatic heterocycles. The molecule has 8 heteroatoms. The molecule has 0 atom stereocenters. The maximum absolute atomic E-state index is 13.0. The van der Waals surface area contributed by atoms with Crippen molar-refractivity contribution in [1.82, 2.24) is 0 Å². The molecule has 1 N–H and O–H groups in total. The largest absolute Gasteiger partial charge is 0.506 e. The van der Waals surface area contributed by atoms with Crippen LogP contribution in [0.3, 0.4) is 0 Å². The van der Waals surface area contributed by atoms with Gasteiger partial charge in [0.25, 0.3) is 0 Å². The van der Waals surface area contributed by atoms with Crippen molar-refractivity contribution in [3.05, 3.63) is 81.7 Å². The topological polar surface area (TPSA) is 85.2 Å². The van der Waals surface area contributed by atoms with Crippen LogP contribution in [0.1, 0.15) is 31.4 Å². The van der Waals surface area contributed by atoms with Gasteiger partial charge in [-0.25, -0.2) is 14.2 Å². The number of hydrogen-bond acceptors (Lipinski definition) is 6. The lowest BCUT2D eigenvalue weighted by Gasteiger charge is -2.07. The highest BCUT2D eigenvalue weighted by molar-refractivity contribution is 8.18. The predicted molar refractivity (Wildman–Crippen MR) is 122 cm³/mol. The lowest BCUT2D eigenvalue weighted by Crippen LogP contribution is -2.14. The molecule has 1 heterocycles. The number of esters is 1. The van der Waals surface area contributed by atoms with E-state index in [1.165, 1.54) is 12.1 Å². The molecule has 0 unspecified atom stereocenters. The van der Waals surface area contributed by atoms with Crippen LogP contribution in [0.4, 0.5) is 4.39 Å². The van der Waals surface area contributed by atoms with Crippen molar-refractivity contribution in [2.75, 3.05) is 6.61 Å². The molecule has 32 heavy (non-hydrogen) atoms. The van der Waals surface area contributed by atoms with E-state index in [0.29, 0.717) is 17.3 Å². The Morgan fingerprint density at radius 2 is 1.78 bits per heavy atom. The van der Waals surface area contributed by atoms with Crippen LogP contribution in [0.5, 0.6) is 5.75 Å². The average Bonchev–Trinajstić information content (AvgIpc) is 3.08. The highest BCUT2D eigenvalue weighted by atomic mass is 32.2.